The first-order chi connectivity index (χ1) is 7.47. The van der Waals surface area contributed by atoms with E-state index in [1.807, 2.05) is 18.7 Å². The van der Waals surface area contributed by atoms with Gasteiger partial charge in [0.1, 0.15) is 11.4 Å². The summed E-state index contributed by atoms with van der Waals surface area (Å²) in [5.74, 6) is 1.16. The van der Waals surface area contributed by atoms with Gasteiger partial charge >= 0.3 is 6.03 Å². The first kappa shape index (κ1) is 11.4. The second-order valence-electron chi connectivity index (χ2n) is 5.48. The number of aliphatic imine (C=N–C) groups is 1. The van der Waals surface area contributed by atoms with Crippen LogP contribution in [0.1, 0.15) is 46.5 Å². The number of rotatable bonds is 1. The van der Waals surface area contributed by atoms with E-state index in [9.17, 15) is 4.79 Å². The summed E-state index contributed by atoms with van der Waals surface area (Å²) in [5, 5.41) is 0. The lowest BCUT2D eigenvalue weighted by atomic mass is 9.74. The van der Waals surface area contributed by atoms with Gasteiger partial charge < -0.3 is 10.6 Å². The molecule has 2 N–H and O–H groups in total. The molecule has 1 aliphatic carbocycles. The van der Waals surface area contributed by atoms with Gasteiger partial charge in [0.15, 0.2) is 0 Å². The van der Waals surface area contributed by atoms with Crippen LogP contribution in [0.4, 0.5) is 4.79 Å². The Hall–Kier alpha value is -1.06. The predicted octanol–water partition coefficient (Wildman–Crippen LogP) is 2.14. The van der Waals surface area contributed by atoms with E-state index in [-0.39, 0.29) is 17.6 Å². The molecule has 4 heteroatoms. The number of nitrogens with zero attached hydrogens (tertiary/aromatic N) is 2. The standard InChI is InChI=1S/C12H21N3O/c1-8(2)15-11(16)14-10(13)12(15)6-4-5-9(3)7-12/h8-9H,4-7H2,1-3H3,(H2,13,14,16). The van der Waals surface area contributed by atoms with E-state index >= 15 is 0 Å². The van der Waals surface area contributed by atoms with Crippen LogP contribution < -0.4 is 5.73 Å². The number of carbonyl (C=O) groups excluding carboxylic acids is 1. The summed E-state index contributed by atoms with van der Waals surface area (Å²) < 4.78 is 0. The monoisotopic (exact) mass is 223 g/mol. The van der Waals surface area contributed by atoms with Crippen LogP contribution in [0.15, 0.2) is 4.99 Å². The van der Waals surface area contributed by atoms with Crippen LogP contribution in [0.2, 0.25) is 0 Å². The van der Waals surface area contributed by atoms with Gasteiger partial charge in [-0.15, -0.1) is 0 Å². The van der Waals surface area contributed by atoms with Crippen molar-refractivity contribution in [2.75, 3.05) is 0 Å². The third-order valence-corrected chi connectivity index (χ3v) is 3.85. The maximum absolute atomic E-state index is 11.9. The zero-order valence-electron chi connectivity index (χ0n) is 10.4. The van der Waals surface area contributed by atoms with Crippen LogP contribution in [0.3, 0.4) is 0 Å². The Morgan fingerprint density at radius 2 is 2.25 bits per heavy atom. The minimum atomic E-state index is -0.275. The number of hydrogen-bond donors (Lipinski definition) is 1. The largest absolute Gasteiger partial charge is 0.385 e. The van der Waals surface area contributed by atoms with E-state index in [0.717, 1.165) is 19.3 Å². The highest BCUT2D eigenvalue weighted by atomic mass is 16.2. The lowest BCUT2D eigenvalue weighted by Gasteiger charge is -2.44. The Kier molecular flexibility index (Phi) is 2.68. The molecular formula is C12H21N3O. The van der Waals surface area contributed by atoms with E-state index in [1.54, 1.807) is 0 Å². The quantitative estimate of drug-likeness (QED) is 0.740. The molecule has 1 aliphatic heterocycles. The van der Waals surface area contributed by atoms with Crippen LogP contribution in [0, 0.1) is 5.92 Å². The zero-order valence-corrected chi connectivity index (χ0v) is 10.4. The Bertz CT molecular complexity index is 337. The molecule has 0 saturated heterocycles. The number of urea groups is 1. The minimum absolute atomic E-state index is 0.151. The maximum Gasteiger partial charge on any atom is 0.346 e. The average Bonchev–Trinajstić information content (AvgIpc) is 2.37. The number of nitrogens with two attached hydrogens (primary N) is 1. The highest BCUT2D eigenvalue weighted by molar-refractivity contribution is 6.06. The van der Waals surface area contributed by atoms with Crippen LogP contribution >= 0.6 is 0 Å². The van der Waals surface area contributed by atoms with Gasteiger partial charge in [0.2, 0.25) is 0 Å². The smallest absolute Gasteiger partial charge is 0.346 e. The van der Waals surface area contributed by atoms with Crippen LogP contribution in [0.25, 0.3) is 0 Å². The minimum Gasteiger partial charge on any atom is -0.385 e. The molecule has 16 heavy (non-hydrogen) atoms. The number of carbonyl (C=O) groups is 1. The van der Waals surface area contributed by atoms with Gasteiger partial charge in [-0.2, -0.15) is 4.99 Å². The fourth-order valence-electron chi connectivity index (χ4n) is 3.26. The summed E-state index contributed by atoms with van der Waals surface area (Å²) in [5.41, 5.74) is 5.74. The third kappa shape index (κ3) is 1.51. The predicted molar refractivity (Wildman–Crippen MR) is 64.4 cm³/mol. The molecular weight excluding hydrogens is 202 g/mol. The Morgan fingerprint density at radius 1 is 1.56 bits per heavy atom. The summed E-state index contributed by atoms with van der Waals surface area (Å²) in [6.45, 7) is 6.30. The Balaban J connectivity index is 2.35. The number of amidine groups is 1. The highest BCUT2D eigenvalue weighted by Crippen LogP contribution is 2.41. The first-order valence-corrected chi connectivity index (χ1v) is 6.15. The van der Waals surface area contributed by atoms with Crippen molar-refractivity contribution < 1.29 is 4.79 Å². The number of hydrogen-bond acceptors (Lipinski definition) is 2. The SMILES string of the molecule is CC1CCCC2(C1)C(N)=NC(=O)N2C(C)C. The molecule has 0 aromatic heterocycles. The normalized spacial score (nSPS) is 35.0. The fraction of sp³-hybridized carbons (Fsp3) is 0.833. The van der Waals surface area contributed by atoms with E-state index in [1.165, 1.54) is 6.42 Å². The van der Waals surface area contributed by atoms with Crippen LogP contribution in [-0.2, 0) is 0 Å². The average molecular weight is 223 g/mol. The molecule has 0 aromatic carbocycles. The van der Waals surface area contributed by atoms with Crippen LogP contribution in [0.5, 0.6) is 0 Å². The summed E-state index contributed by atoms with van der Waals surface area (Å²) in [7, 11) is 0. The van der Waals surface area contributed by atoms with Gasteiger partial charge in [-0.3, -0.25) is 0 Å². The molecule has 1 spiro atoms. The molecule has 2 unspecified atom stereocenters. The molecule has 2 atom stereocenters. The second kappa shape index (κ2) is 3.75. The molecule has 0 bridgehead atoms. The third-order valence-electron chi connectivity index (χ3n) is 3.85. The zero-order chi connectivity index (χ0) is 11.9. The Labute approximate surface area is 96.9 Å². The molecule has 1 saturated carbocycles. The van der Waals surface area contributed by atoms with Crippen molar-refractivity contribution >= 4 is 11.9 Å². The highest BCUT2D eigenvalue weighted by Gasteiger charge is 2.50. The van der Waals surface area contributed by atoms with E-state index in [4.69, 9.17) is 5.73 Å². The van der Waals surface area contributed by atoms with Gasteiger partial charge in [-0.1, -0.05) is 19.8 Å². The molecule has 0 radical (unpaired) electrons. The lowest BCUT2D eigenvalue weighted by Crippen LogP contribution is -2.58. The molecule has 2 amide bonds. The van der Waals surface area contributed by atoms with Gasteiger partial charge in [0, 0.05) is 6.04 Å². The van der Waals surface area contributed by atoms with Crippen molar-refractivity contribution in [2.45, 2.75) is 58.0 Å². The molecule has 90 valence electrons. The number of amides is 2. The van der Waals surface area contributed by atoms with Crippen molar-refractivity contribution in [2.24, 2.45) is 16.6 Å². The van der Waals surface area contributed by atoms with Crippen LogP contribution in [-0.4, -0.2) is 28.3 Å². The first-order valence-electron chi connectivity index (χ1n) is 6.15. The molecule has 1 fully saturated rings. The van der Waals surface area contributed by atoms with Crippen molar-refractivity contribution in [1.29, 1.82) is 0 Å². The Morgan fingerprint density at radius 3 is 2.81 bits per heavy atom. The second-order valence-corrected chi connectivity index (χ2v) is 5.48. The van der Waals surface area contributed by atoms with E-state index in [0.29, 0.717) is 11.8 Å². The van der Waals surface area contributed by atoms with Gasteiger partial charge in [-0.05, 0) is 32.6 Å². The van der Waals surface area contributed by atoms with Crippen molar-refractivity contribution in [3.05, 3.63) is 0 Å². The fourth-order valence-corrected chi connectivity index (χ4v) is 3.26. The molecule has 2 rings (SSSR count). The lowest BCUT2D eigenvalue weighted by molar-refractivity contribution is 0.102. The van der Waals surface area contributed by atoms with Gasteiger partial charge in [0.25, 0.3) is 0 Å². The van der Waals surface area contributed by atoms with Crippen molar-refractivity contribution in [1.82, 2.24) is 4.90 Å². The molecule has 1 heterocycles. The summed E-state index contributed by atoms with van der Waals surface area (Å²) in [6, 6.07) is 0.0178. The molecule has 2 aliphatic rings. The maximum atomic E-state index is 11.9. The summed E-state index contributed by atoms with van der Waals surface area (Å²) in [6.07, 6.45) is 4.30. The van der Waals surface area contributed by atoms with Gasteiger partial charge in [-0.25, -0.2) is 4.79 Å². The summed E-state index contributed by atoms with van der Waals surface area (Å²) in [4.78, 5) is 17.7. The summed E-state index contributed by atoms with van der Waals surface area (Å²) >= 11 is 0. The van der Waals surface area contributed by atoms with Crippen molar-refractivity contribution in [3.63, 3.8) is 0 Å². The van der Waals surface area contributed by atoms with E-state index in [2.05, 4.69) is 11.9 Å². The van der Waals surface area contributed by atoms with Crippen molar-refractivity contribution in [3.8, 4) is 0 Å². The van der Waals surface area contributed by atoms with Gasteiger partial charge in [0.05, 0.1) is 0 Å². The van der Waals surface area contributed by atoms with E-state index < -0.39 is 0 Å². The topological polar surface area (TPSA) is 58.7 Å². The molecule has 0 aromatic rings. The molecule has 4 nitrogen and oxygen atoms in total.